The first-order valence-corrected chi connectivity index (χ1v) is 4.92. The normalized spacial score (nSPS) is 10.5. The highest BCUT2D eigenvalue weighted by Crippen LogP contribution is 2.14. The number of nitrogens with one attached hydrogen (secondary N) is 1. The quantitative estimate of drug-likeness (QED) is 0.453. The molecule has 0 bridgehead atoms. The highest BCUT2D eigenvalue weighted by Gasteiger charge is 2.13. The lowest BCUT2D eigenvalue weighted by Gasteiger charge is -2.00. The van der Waals surface area contributed by atoms with Crippen molar-refractivity contribution in [3.63, 3.8) is 0 Å². The van der Waals surface area contributed by atoms with Gasteiger partial charge in [-0.05, 0) is 12.1 Å². The largest absolute Gasteiger partial charge is 0.269 e. The summed E-state index contributed by atoms with van der Waals surface area (Å²) in [5.74, 6) is 4.76. The maximum absolute atomic E-state index is 11.1. The minimum atomic E-state index is -3.74. The summed E-state index contributed by atoms with van der Waals surface area (Å²) in [6.45, 7) is 0. The second-order valence-corrected chi connectivity index (χ2v) is 4.09. The summed E-state index contributed by atoms with van der Waals surface area (Å²) < 4.78 is 22.2. The van der Waals surface area contributed by atoms with Gasteiger partial charge in [0.05, 0.1) is 9.82 Å². The summed E-state index contributed by atoms with van der Waals surface area (Å²) in [6.07, 6.45) is 0. The number of hydrogen-bond acceptors (Lipinski definition) is 5. The molecule has 0 aliphatic rings. The van der Waals surface area contributed by atoms with Crippen LogP contribution in [0.1, 0.15) is 0 Å². The zero-order chi connectivity index (χ0) is 10.8. The average Bonchev–Trinajstić information content (AvgIpc) is 2.18. The van der Waals surface area contributed by atoms with E-state index in [-0.39, 0.29) is 23.0 Å². The van der Waals surface area contributed by atoms with Crippen molar-refractivity contribution < 1.29 is 13.3 Å². The fourth-order valence-electron chi connectivity index (χ4n) is 0.815. The zero-order valence-corrected chi connectivity index (χ0v) is 8.92. The SMILES string of the molecule is Cl.NNS(=O)(=O)c1ccc([N+](=O)[O-])cc1. The number of rotatable bonds is 3. The van der Waals surface area contributed by atoms with Crippen molar-refractivity contribution in [1.82, 2.24) is 4.83 Å². The van der Waals surface area contributed by atoms with E-state index in [1.165, 1.54) is 0 Å². The van der Waals surface area contributed by atoms with Crippen LogP contribution < -0.4 is 10.7 Å². The molecule has 0 atom stereocenters. The molecule has 0 aliphatic heterocycles. The Bertz CT molecular complexity index is 444. The van der Waals surface area contributed by atoms with E-state index in [9.17, 15) is 18.5 Å². The molecule has 0 spiro atoms. The fraction of sp³-hybridized carbons (Fsp3) is 0. The van der Waals surface area contributed by atoms with E-state index in [4.69, 9.17) is 5.84 Å². The van der Waals surface area contributed by atoms with E-state index in [1.54, 1.807) is 4.83 Å². The third-order valence-electron chi connectivity index (χ3n) is 1.51. The number of nitro groups is 1. The molecule has 0 unspecified atom stereocenters. The van der Waals surface area contributed by atoms with E-state index in [1.807, 2.05) is 0 Å². The summed E-state index contributed by atoms with van der Waals surface area (Å²) in [4.78, 5) is 11.1. The summed E-state index contributed by atoms with van der Waals surface area (Å²) in [5.41, 5.74) is -0.180. The highest BCUT2D eigenvalue weighted by molar-refractivity contribution is 7.89. The molecule has 1 aromatic rings. The van der Waals surface area contributed by atoms with Crippen LogP contribution in [0.25, 0.3) is 0 Å². The number of benzene rings is 1. The van der Waals surface area contributed by atoms with Gasteiger partial charge in [0.25, 0.3) is 15.7 Å². The Labute approximate surface area is 91.9 Å². The van der Waals surface area contributed by atoms with Crippen molar-refractivity contribution in [3.8, 4) is 0 Å². The Balaban J connectivity index is 0.00000196. The maximum atomic E-state index is 11.1. The lowest BCUT2D eigenvalue weighted by molar-refractivity contribution is -0.384. The van der Waals surface area contributed by atoms with Gasteiger partial charge in [0.15, 0.2) is 0 Å². The standard InChI is InChI=1S/C6H7N3O4S.ClH/c7-8-14(12,13)6-3-1-5(2-4-6)9(10)11;/h1-4,8H,7H2;1H. The minimum Gasteiger partial charge on any atom is -0.258 e. The molecule has 15 heavy (non-hydrogen) atoms. The predicted molar refractivity (Wildman–Crippen MR) is 54.9 cm³/mol. The molecule has 0 aliphatic carbocycles. The van der Waals surface area contributed by atoms with Crippen molar-refractivity contribution in [1.29, 1.82) is 0 Å². The van der Waals surface area contributed by atoms with Gasteiger partial charge < -0.3 is 0 Å². The average molecular weight is 254 g/mol. The van der Waals surface area contributed by atoms with Crippen molar-refractivity contribution in [2.75, 3.05) is 0 Å². The van der Waals surface area contributed by atoms with Gasteiger partial charge >= 0.3 is 0 Å². The molecule has 0 fully saturated rings. The van der Waals surface area contributed by atoms with E-state index >= 15 is 0 Å². The summed E-state index contributed by atoms with van der Waals surface area (Å²) >= 11 is 0. The zero-order valence-electron chi connectivity index (χ0n) is 7.28. The van der Waals surface area contributed by atoms with E-state index in [0.717, 1.165) is 24.3 Å². The molecule has 9 heteroatoms. The van der Waals surface area contributed by atoms with Crippen LogP contribution in [0, 0.1) is 10.1 Å². The van der Waals surface area contributed by atoms with E-state index < -0.39 is 14.9 Å². The smallest absolute Gasteiger partial charge is 0.258 e. The van der Waals surface area contributed by atoms with Crippen LogP contribution in [0.15, 0.2) is 29.2 Å². The monoisotopic (exact) mass is 253 g/mol. The topological polar surface area (TPSA) is 115 Å². The maximum Gasteiger partial charge on any atom is 0.269 e. The Hall–Kier alpha value is -1.22. The number of halogens is 1. The molecule has 1 aromatic carbocycles. The second-order valence-electron chi connectivity index (χ2n) is 2.37. The van der Waals surface area contributed by atoms with Gasteiger partial charge in [-0.1, -0.05) is 0 Å². The summed E-state index contributed by atoms with van der Waals surface area (Å²) in [5, 5.41) is 10.2. The van der Waals surface area contributed by atoms with Gasteiger partial charge in [-0.25, -0.2) is 8.42 Å². The number of nitro benzene ring substituents is 1. The molecule has 84 valence electrons. The number of hydrazine groups is 1. The van der Waals surface area contributed by atoms with Gasteiger partial charge in [0, 0.05) is 12.1 Å². The third-order valence-corrected chi connectivity index (χ3v) is 2.72. The molecule has 0 heterocycles. The van der Waals surface area contributed by atoms with Crippen molar-refractivity contribution in [2.24, 2.45) is 5.84 Å². The van der Waals surface area contributed by atoms with Crippen LogP contribution in [0.3, 0.4) is 0 Å². The predicted octanol–water partition coefficient (Wildman–Crippen LogP) is 0.169. The molecule has 0 saturated heterocycles. The number of nitrogens with two attached hydrogens (primary N) is 1. The number of non-ortho nitro benzene ring substituents is 1. The first-order valence-electron chi connectivity index (χ1n) is 3.44. The van der Waals surface area contributed by atoms with Gasteiger partial charge in [-0.2, -0.15) is 4.83 Å². The molecule has 0 aromatic heterocycles. The van der Waals surface area contributed by atoms with Crippen LogP contribution in [0.2, 0.25) is 0 Å². The lowest BCUT2D eigenvalue weighted by atomic mass is 10.3. The van der Waals surface area contributed by atoms with Crippen LogP contribution in [-0.2, 0) is 10.0 Å². The fourth-order valence-corrected chi connectivity index (χ4v) is 1.45. The van der Waals surface area contributed by atoms with Crippen LogP contribution >= 0.6 is 12.4 Å². The molecular formula is C6H8ClN3O4S. The molecule has 0 amide bonds. The van der Waals surface area contributed by atoms with Crippen molar-refractivity contribution in [3.05, 3.63) is 34.4 Å². The molecule has 0 saturated carbocycles. The molecular weight excluding hydrogens is 246 g/mol. The molecule has 0 radical (unpaired) electrons. The van der Waals surface area contributed by atoms with Crippen LogP contribution in [0.5, 0.6) is 0 Å². The summed E-state index contributed by atoms with van der Waals surface area (Å²) in [6, 6.07) is 4.38. The third kappa shape index (κ3) is 3.13. The van der Waals surface area contributed by atoms with Gasteiger partial charge in [0.2, 0.25) is 0 Å². The van der Waals surface area contributed by atoms with Gasteiger partial charge in [0.1, 0.15) is 0 Å². The number of hydrogen-bond donors (Lipinski definition) is 2. The van der Waals surface area contributed by atoms with Crippen molar-refractivity contribution in [2.45, 2.75) is 4.90 Å². The Kier molecular flexibility index (Phi) is 4.62. The van der Waals surface area contributed by atoms with E-state index in [2.05, 4.69) is 0 Å². The van der Waals surface area contributed by atoms with E-state index in [0.29, 0.717) is 0 Å². The van der Waals surface area contributed by atoms with Crippen LogP contribution in [-0.4, -0.2) is 13.3 Å². The molecule has 1 rings (SSSR count). The Morgan fingerprint density at radius 3 is 2.07 bits per heavy atom. The number of sulfonamides is 1. The first-order chi connectivity index (χ1) is 6.47. The van der Waals surface area contributed by atoms with Gasteiger partial charge in [-0.15, -0.1) is 12.4 Å². The second kappa shape index (κ2) is 5.03. The minimum absolute atomic E-state index is 0. The van der Waals surface area contributed by atoms with Crippen LogP contribution in [0.4, 0.5) is 5.69 Å². The first kappa shape index (κ1) is 13.8. The molecule has 3 N–H and O–H groups in total. The summed E-state index contributed by atoms with van der Waals surface area (Å²) in [7, 11) is -3.74. The van der Waals surface area contributed by atoms with Crippen molar-refractivity contribution >= 4 is 28.1 Å². The Morgan fingerprint density at radius 2 is 1.73 bits per heavy atom. The van der Waals surface area contributed by atoms with Gasteiger partial charge in [-0.3, -0.25) is 16.0 Å². The Morgan fingerprint density at radius 1 is 1.27 bits per heavy atom. The molecule has 7 nitrogen and oxygen atoms in total. The lowest BCUT2D eigenvalue weighted by Crippen LogP contribution is -2.30. The highest BCUT2D eigenvalue weighted by atomic mass is 35.5. The number of nitrogens with zero attached hydrogens (tertiary/aromatic N) is 1.